The molecule has 122 valence electrons. The van der Waals surface area contributed by atoms with Gasteiger partial charge in [-0.3, -0.25) is 9.36 Å². The number of imidazole rings is 1. The zero-order valence-corrected chi connectivity index (χ0v) is 12.4. The van der Waals surface area contributed by atoms with E-state index < -0.39 is 16.8 Å². The largest absolute Gasteiger partial charge is 0.478 e. The fraction of sp³-hybridized carbons (Fsp3) is 0.308. The zero-order chi connectivity index (χ0) is 17.1. The van der Waals surface area contributed by atoms with Gasteiger partial charge in [-0.2, -0.15) is 0 Å². The first-order valence-electron chi connectivity index (χ1n) is 6.55. The Balaban J connectivity index is 1.96. The van der Waals surface area contributed by atoms with Crippen molar-refractivity contribution in [1.29, 1.82) is 0 Å². The molecule has 2 rings (SSSR count). The Hall–Kier alpha value is -3.17. The van der Waals surface area contributed by atoms with Crippen molar-refractivity contribution in [1.82, 2.24) is 14.9 Å². The number of rotatable bonds is 6. The Morgan fingerprint density at radius 2 is 2.17 bits per heavy atom. The van der Waals surface area contributed by atoms with E-state index in [-0.39, 0.29) is 30.2 Å². The number of carbonyl (C=O) groups is 2. The number of carboxylic acids is 1. The molecule has 2 aromatic heterocycles. The summed E-state index contributed by atoms with van der Waals surface area (Å²) in [4.78, 5) is 36.5. The molecule has 10 nitrogen and oxygen atoms in total. The smallest absolute Gasteiger partial charge is 0.381 e. The first kappa shape index (κ1) is 16.2. The molecule has 2 heterocycles. The van der Waals surface area contributed by atoms with Crippen LogP contribution in [0.25, 0.3) is 0 Å². The van der Waals surface area contributed by atoms with Crippen molar-refractivity contribution in [3.05, 3.63) is 45.3 Å². The number of carboxylic acid groups (broad SMARTS) is 1. The van der Waals surface area contributed by atoms with Crippen molar-refractivity contribution in [2.24, 2.45) is 0 Å². The summed E-state index contributed by atoms with van der Waals surface area (Å²) in [6.07, 6.45) is 1.18. The van der Waals surface area contributed by atoms with Crippen LogP contribution in [0.5, 0.6) is 0 Å². The van der Waals surface area contributed by atoms with Crippen LogP contribution in [-0.2, 0) is 17.9 Å². The molecule has 10 heteroatoms. The van der Waals surface area contributed by atoms with E-state index in [0.29, 0.717) is 11.6 Å². The number of nitrogens with zero attached hydrogens (tertiary/aromatic N) is 3. The Kier molecular flexibility index (Phi) is 4.44. The molecule has 0 fully saturated rings. The maximum absolute atomic E-state index is 11.9. The van der Waals surface area contributed by atoms with E-state index >= 15 is 0 Å². The van der Waals surface area contributed by atoms with Gasteiger partial charge in [0.15, 0.2) is 0 Å². The summed E-state index contributed by atoms with van der Waals surface area (Å²) in [7, 11) is 0. The molecule has 0 radical (unpaired) electrons. The highest BCUT2D eigenvalue weighted by atomic mass is 16.6. The van der Waals surface area contributed by atoms with E-state index in [1.807, 2.05) is 0 Å². The van der Waals surface area contributed by atoms with E-state index in [4.69, 9.17) is 9.52 Å². The van der Waals surface area contributed by atoms with Gasteiger partial charge >= 0.3 is 11.8 Å². The summed E-state index contributed by atoms with van der Waals surface area (Å²) >= 11 is 0. The molecule has 2 N–H and O–H groups in total. The number of hydrogen-bond donors (Lipinski definition) is 2. The Bertz CT molecular complexity index is 776. The fourth-order valence-corrected chi connectivity index (χ4v) is 1.98. The van der Waals surface area contributed by atoms with Gasteiger partial charge < -0.3 is 25.0 Å². The van der Waals surface area contributed by atoms with Gasteiger partial charge in [0.05, 0.1) is 6.54 Å². The maximum Gasteiger partial charge on any atom is 0.381 e. The second-order valence-corrected chi connectivity index (χ2v) is 4.80. The highest BCUT2D eigenvalue weighted by Crippen LogP contribution is 2.14. The molecular formula is C13H14N4O6. The molecule has 0 aliphatic heterocycles. The van der Waals surface area contributed by atoms with Gasteiger partial charge in [-0.05, 0) is 22.9 Å². The molecule has 2 aromatic rings. The quantitative estimate of drug-likeness (QED) is 0.597. The van der Waals surface area contributed by atoms with Gasteiger partial charge in [-0.15, -0.1) is 0 Å². The van der Waals surface area contributed by atoms with Crippen LogP contribution in [0.3, 0.4) is 0 Å². The van der Waals surface area contributed by atoms with Crippen molar-refractivity contribution in [2.45, 2.75) is 26.9 Å². The standard InChI is InChI=1S/C13H14N4O6/c1-7-10(13(19)20)3-9(23-7)4-14-12(18)6-16-5-11(17(21)22)15-8(16)2/h3,5H,4,6H2,1-2H3,(H,14,18)(H,19,20). The zero-order valence-electron chi connectivity index (χ0n) is 12.4. The molecule has 0 unspecified atom stereocenters. The lowest BCUT2D eigenvalue weighted by molar-refractivity contribution is -0.389. The summed E-state index contributed by atoms with van der Waals surface area (Å²) in [6, 6.07) is 1.34. The lowest BCUT2D eigenvalue weighted by Gasteiger charge is -2.04. The number of carbonyl (C=O) groups excluding carboxylic acids is 1. The molecule has 0 aliphatic rings. The van der Waals surface area contributed by atoms with Crippen molar-refractivity contribution in [2.75, 3.05) is 0 Å². The lowest BCUT2D eigenvalue weighted by Crippen LogP contribution is -2.27. The highest BCUT2D eigenvalue weighted by molar-refractivity contribution is 5.88. The van der Waals surface area contributed by atoms with E-state index in [0.717, 1.165) is 0 Å². The molecular weight excluding hydrogens is 308 g/mol. The third-order valence-corrected chi connectivity index (χ3v) is 3.12. The summed E-state index contributed by atoms with van der Waals surface area (Å²) in [6.45, 7) is 2.94. The third-order valence-electron chi connectivity index (χ3n) is 3.12. The second kappa shape index (κ2) is 6.30. The van der Waals surface area contributed by atoms with Crippen molar-refractivity contribution < 1.29 is 24.0 Å². The fourth-order valence-electron chi connectivity index (χ4n) is 1.98. The van der Waals surface area contributed by atoms with E-state index in [1.165, 1.54) is 23.8 Å². The van der Waals surface area contributed by atoms with Crippen LogP contribution in [-0.4, -0.2) is 31.5 Å². The minimum absolute atomic E-state index is 0.0167. The topological polar surface area (TPSA) is 140 Å². The molecule has 0 spiro atoms. The number of amides is 1. The van der Waals surface area contributed by atoms with Crippen LogP contribution in [0.2, 0.25) is 0 Å². The third kappa shape index (κ3) is 3.73. The van der Waals surface area contributed by atoms with Crippen LogP contribution in [0, 0.1) is 24.0 Å². The van der Waals surface area contributed by atoms with Crippen molar-refractivity contribution in [3.63, 3.8) is 0 Å². The molecule has 23 heavy (non-hydrogen) atoms. The predicted octanol–water partition coefficient (Wildman–Crippen LogP) is 1.02. The first-order chi connectivity index (χ1) is 10.8. The van der Waals surface area contributed by atoms with E-state index in [9.17, 15) is 19.7 Å². The number of aryl methyl sites for hydroxylation is 2. The molecule has 0 aromatic carbocycles. The van der Waals surface area contributed by atoms with Crippen molar-refractivity contribution in [3.8, 4) is 0 Å². The summed E-state index contributed by atoms with van der Waals surface area (Å²) in [5.74, 6) is -0.946. The number of nitrogens with one attached hydrogen (secondary N) is 1. The van der Waals surface area contributed by atoms with Gasteiger partial charge in [-0.1, -0.05) is 0 Å². The Morgan fingerprint density at radius 1 is 1.48 bits per heavy atom. The van der Waals surface area contributed by atoms with Crippen LogP contribution in [0.1, 0.15) is 27.7 Å². The van der Waals surface area contributed by atoms with Gasteiger partial charge in [0, 0.05) is 6.92 Å². The second-order valence-electron chi connectivity index (χ2n) is 4.80. The average Bonchev–Trinajstić information content (AvgIpc) is 3.00. The molecule has 0 bridgehead atoms. The molecule has 0 aliphatic carbocycles. The number of hydrogen-bond acceptors (Lipinski definition) is 6. The van der Waals surface area contributed by atoms with E-state index in [1.54, 1.807) is 6.92 Å². The summed E-state index contributed by atoms with van der Waals surface area (Å²) in [5, 5.41) is 22.1. The normalized spacial score (nSPS) is 10.5. The lowest BCUT2D eigenvalue weighted by atomic mass is 10.2. The van der Waals surface area contributed by atoms with Gasteiger partial charge in [-0.25, -0.2) is 4.79 Å². The number of nitro groups is 1. The summed E-state index contributed by atoms with van der Waals surface area (Å²) in [5.41, 5.74) is 0.0373. The highest BCUT2D eigenvalue weighted by Gasteiger charge is 2.18. The van der Waals surface area contributed by atoms with Crippen LogP contribution in [0.15, 0.2) is 16.7 Å². The van der Waals surface area contributed by atoms with E-state index in [2.05, 4.69) is 10.3 Å². The molecule has 0 saturated heterocycles. The van der Waals surface area contributed by atoms with Crippen LogP contribution < -0.4 is 5.32 Å². The number of aromatic nitrogens is 2. The Morgan fingerprint density at radius 3 is 2.70 bits per heavy atom. The van der Waals surface area contributed by atoms with Crippen LogP contribution >= 0.6 is 0 Å². The maximum atomic E-state index is 11.9. The predicted molar refractivity (Wildman–Crippen MR) is 75.9 cm³/mol. The van der Waals surface area contributed by atoms with Gasteiger partial charge in [0.2, 0.25) is 11.7 Å². The molecule has 1 amide bonds. The first-order valence-corrected chi connectivity index (χ1v) is 6.55. The molecule has 0 atom stereocenters. The number of aromatic carboxylic acids is 1. The van der Waals surface area contributed by atoms with Gasteiger partial charge in [0.1, 0.15) is 29.8 Å². The SMILES string of the molecule is Cc1oc(CNC(=O)Cn2cc([N+](=O)[O-])nc2C)cc1C(=O)O. The minimum atomic E-state index is -1.11. The summed E-state index contributed by atoms with van der Waals surface area (Å²) < 4.78 is 6.58. The Labute approximate surface area is 129 Å². The molecule has 0 saturated carbocycles. The minimum Gasteiger partial charge on any atom is -0.478 e. The number of furan rings is 1. The van der Waals surface area contributed by atoms with Crippen LogP contribution in [0.4, 0.5) is 5.82 Å². The average molecular weight is 322 g/mol. The van der Waals surface area contributed by atoms with Gasteiger partial charge in [0.25, 0.3) is 0 Å². The van der Waals surface area contributed by atoms with Crippen molar-refractivity contribution >= 4 is 17.7 Å². The monoisotopic (exact) mass is 322 g/mol.